The molecule has 0 bridgehead atoms. The van der Waals surface area contributed by atoms with Crippen LogP contribution in [0.2, 0.25) is 0 Å². The van der Waals surface area contributed by atoms with Crippen molar-refractivity contribution in [2.24, 2.45) is 0 Å². The number of nitrogens with zero attached hydrogens (tertiary/aromatic N) is 3. The molecular weight excluding hydrogens is 437 g/mol. The van der Waals surface area contributed by atoms with Gasteiger partial charge in [-0.25, -0.2) is 14.4 Å². The molecule has 0 spiro atoms. The fraction of sp³-hybridized carbons (Fsp3) is 0.240. The molecule has 0 radical (unpaired) electrons. The van der Waals surface area contributed by atoms with E-state index < -0.39 is 5.67 Å². The molecule has 176 valence electrons. The molecule has 0 saturated heterocycles. The quantitative estimate of drug-likeness (QED) is 0.304. The third-order valence-electron chi connectivity index (χ3n) is 5.12. The number of hydrogen-bond acceptors (Lipinski definition) is 8. The number of ether oxygens (including phenoxy) is 2. The van der Waals surface area contributed by atoms with E-state index in [9.17, 15) is 4.39 Å². The molecule has 2 heterocycles. The summed E-state index contributed by atoms with van der Waals surface area (Å²) in [5.74, 6) is 2.44. The Balaban J connectivity index is 1.50. The average Bonchev–Trinajstić information content (AvgIpc) is 3.27. The van der Waals surface area contributed by atoms with E-state index in [0.29, 0.717) is 23.1 Å². The van der Waals surface area contributed by atoms with Crippen molar-refractivity contribution in [2.45, 2.75) is 32.9 Å². The van der Waals surface area contributed by atoms with Crippen LogP contribution < -0.4 is 20.1 Å². The Morgan fingerprint density at radius 1 is 1.15 bits per heavy atom. The molecule has 8 nitrogen and oxygen atoms in total. The maximum absolute atomic E-state index is 14.0. The van der Waals surface area contributed by atoms with E-state index >= 15 is 0 Å². The summed E-state index contributed by atoms with van der Waals surface area (Å²) < 4.78 is 30.7. The first-order valence-electron chi connectivity index (χ1n) is 10.8. The zero-order valence-corrected chi connectivity index (χ0v) is 19.5. The highest BCUT2D eigenvalue weighted by molar-refractivity contribution is 5.86. The molecule has 34 heavy (non-hydrogen) atoms. The Morgan fingerprint density at radius 3 is 2.68 bits per heavy atom. The van der Waals surface area contributed by atoms with Gasteiger partial charge in [0, 0.05) is 17.8 Å². The highest BCUT2D eigenvalue weighted by atomic mass is 19.1. The van der Waals surface area contributed by atoms with Crippen molar-refractivity contribution in [3.63, 3.8) is 0 Å². The second-order valence-corrected chi connectivity index (χ2v) is 8.12. The lowest BCUT2D eigenvalue weighted by Gasteiger charge is -2.13. The number of methoxy groups -OCH3 is 1. The molecule has 2 aromatic carbocycles. The van der Waals surface area contributed by atoms with Gasteiger partial charge in [-0.2, -0.15) is 0 Å². The molecule has 0 aliphatic heterocycles. The first-order chi connectivity index (χ1) is 16.3. The molecule has 9 heteroatoms. The van der Waals surface area contributed by atoms with Crippen LogP contribution in [0.5, 0.6) is 17.4 Å². The Bertz CT molecular complexity index is 1330. The Labute approximate surface area is 196 Å². The zero-order chi connectivity index (χ0) is 24.3. The summed E-state index contributed by atoms with van der Waals surface area (Å²) in [4.78, 5) is 8.68. The SMILES string of the molecule is C=C(Nc1cccc(Oc2ncnc3cc(CC)c(OC)cc23)c1)Nc1cc(C(C)(C)F)no1. The predicted octanol–water partition coefficient (Wildman–Crippen LogP) is 6.18. The highest BCUT2D eigenvalue weighted by Crippen LogP contribution is 2.33. The van der Waals surface area contributed by atoms with Crippen LogP contribution in [0.25, 0.3) is 10.9 Å². The summed E-state index contributed by atoms with van der Waals surface area (Å²) in [6.45, 7) is 8.81. The minimum atomic E-state index is -1.60. The van der Waals surface area contributed by atoms with Crippen LogP contribution >= 0.6 is 0 Å². The van der Waals surface area contributed by atoms with Gasteiger partial charge in [0.25, 0.3) is 0 Å². The molecule has 4 rings (SSSR count). The number of aryl methyl sites for hydroxylation is 1. The fourth-order valence-corrected chi connectivity index (χ4v) is 3.37. The van der Waals surface area contributed by atoms with Crippen LogP contribution in [0.1, 0.15) is 32.0 Å². The summed E-state index contributed by atoms with van der Waals surface area (Å²) in [6.07, 6.45) is 2.30. The van der Waals surface area contributed by atoms with Crippen LogP contribution in [0.4, 0.5) is 16.0 Å². The number of nitrogens with one attached hydrogen (secondary N) is 2. The van der Waals surface area contributed by atoms with Crippen molar-refractivity contribution in [1.82, 2.24) is 15.1 Å². The summed E-state index contributed by atoms with van der Waals surface area (Å²) in [5, 5.41) is 10.5. The molecule has 2 N–H and O–H groups in total. The molecule has 0 amide bonds. The topological polar surface area (TPSA) is 94.3 Å². The Morgan fingerprint density at radius 2 is 1.97 bits per heavy atom. The van der Waals surface area contributed by atoms with E-state index in [4.69, 9.17) is 14.0 Å². The molecule has 0 fully saturated rings. The largest absolute Gasteiger partial charge is 0.496 e. The lowest BCUT2D eigenvalue weighted by molar-refractivity contribution is 0.205. The number of rotatable bonds is 9. The van der Waals surface area contributed by atoms with Crippen molar-refractivity contribution in [3.05, 3.63) is 72.4 Å². The van der Waals surface area contributed by atoms with E-state index in [2.05, 4.69) is 39.3 Å². The highest BCUT2D eigenvalue weighted by Gasteiger charge is 2.23. The van der Waals surface area contributed by atoms with Gasteiger partial charge in [0.15, 0.2) is 5.67 Å². The summed E-state index contributed by atoms with van der Waals surface area (Å²) in [7, 11) is 1.64. The third kappa shape index (κ3) is 5.09. The van der Waals surface area contributed by atoms with Crippen molar-refractivity contribution in [3.8, 4) is 17.4 Å². The molecule has 0 aliphatic rings. The molecule has 0 unspecified atom stereocenters. The molecule has 0 aliphatic carbocycles. The Hall–Kier alpha value is -4.14. The zero-order valence-electron chi connectivity index (χ0n) is 19.5. The first kappa shape index (κ1) is 23.0. The number of alkyl halides is 1. The number of benzene rings is 2. The van der Waals surface area contributed by atoms with E-state index in [1.54, 1.807) is 13.2 Å². The summed E-state index contributed by atoms with van der Waals surface area (Å²) in [6, 6.07) is 12.7. The van der Waals surface area contributed by atoms with Crippen molar-refractivity contribution in [2.75, 3.05) is 17.7 Å². The summed E-state index contributed by atoms with van der Waals surface area (Å²) in [5.41, 5.74) is 1.14. The van der Waals surface area contributed by atoms with E-state index in [-0.39, 0.29) is 11.6 Å². The summed E-state index contributed by atoms with van der Waals surface area (Å²) >= 11 is 0. The molecule has 0 saturated carbocycles. The van der Waals surface area contributed by atoms with Crippen molar-refractivity contribution in [1.29, 1.82) is 0 Å². The van der Waals surface area contributed by atoms with Gasteiger partial charge in [-0.15, -0.1) is 0 Å². The lowest BCUT2D eigenvalue weighted by atomic mass is 10.1. The number of anilines is 2. The van der Waals surface area contributed by atoms with Crippen LogP contribution in [0.3, 0.4) is 0 Å². The molecule has 4 aromatic rings. The Kier molecular flexibility index (Phi) is 6.36. The monoisotopic (exact) mass is 463 g/mol. The number of aromatic nitrogens is 3. The van der Waals surface area contributed by atoms with Gasteiger partial charge in [-0.05, 0) is 50.1 Å². The predicted molar refractivity (Wildman–Crippen MR) is 129 cm³/mol. The van der Waals surface area contributed by atoms with Crippen molar-refractivity contribution >= 4 is 22.5 Å². The minimum Gasteiger partial charge on any atom is -0.496 e. The number of halogens is 1. The van der Waals surface area contributed by atoms with Crippen LogP contribution in [-0.4, -0.2) is 22.2 Å². The second-order valence-electron chi connectivity index (χ2n) is 8.12. The van der Waals surface area contributed by atoms with Gasteiger partial charge in [0.1, 0.15) is 29.3 Å². The minimum absolute atomic E-state index is 0.193. The van der Waals surface area contributed by atoms with Gasteiger partial charge in [0.2, 0.25) is 11.8 Å². The van der Waals surface area contributed by atoms with Gasteiger partial charge >= 0.3 is 0 Å². The standard InChI is InChI=1S/C25H26FN5O3/c1-6-16-10-20-19(12-21(16)32-5)24(28-14-27-20)33-18-9-7-8-17(11-18)29-15(2)30-23-13-22(31-34-23)25(3,4)26/h7-14,29-30H,2,6H2,1,3-5H3. The van der Waals surface area contributed by atoms with Crippen LogP contribution in [0, 0.1) is 0 Å². The number of hydrogen-bond donors (Lipinski definition) is 2. The van der Waals surface area contributed by atoms with Gasteiger partial charge < -0.3 is 24.6 Å². The van der Waals surface area contributed by atoms with Gasteiger partial charge in [-0.3, -0.25) is 0 Å². The molecular formula is C25H26FN5O3. The molecule has 0 atom stereocenters. The maximum atomic E-state index is 14.0. The van der Waals surface area contributed by atoms with Gasteiger partial charge in [0.05, 0.1) is 18.0 Å². The second kappa shape index (κ2) is 9.38. The average molecular weight is 464 g/mol. The smallest absolute Gasteiger partial charge is 0.230 e. The van der Waals surface area contributed by atoms with Crippen molar-refractivity contribution < 1.29 is 18.4 Å². The van der Waals surface area contributed by atoms with E-state index in [1.807, 2.05) is 30.3 Å². The third-order valence-corrected chi connectivity index (χ3v) is 5.12. The van der Waals surface area contributed by atoms with Gasteiger partial charge in [-0.1, -0.05) is 24.7 Å². The molecule has 2 aromatic heterocycles. The lowest BCUT2D eigenvalue weighted by Crippen LogP contribution is -2.09. The van der Waals surface area contributed by atoms with Crippen LogP contribution in [0.15, 0.2) is 65.7 Å². The normalized spacial score (nSPS) is 11.3. The van der Waals surface area contributed by atoms with E-state index in [1.165, 1.54) is 26.2 Å². The number of fused-ring (bicyclic) bond motifs is 1. The van der Waals surface area contributed by atoms with Crippen LogP contribution in [-0.2, 0) is 12.1 Å². The van der Waals surface area contributed by atoms with E-state index in [0.717, 1.165) is 28.6 Å². The first-order valence-corrected chi connectivity index (χ1v) is 10.8. The fourth-order valence-electron chi connectivity index (χ4n) is 3.37. The maximum Gasteiger partial charge on any atom is 0.230 e.